The summed E-state index contributed by atoms with van der Waals surface area (Å²) in [6.45, 7) is 4.44. The van der Waals surface area contributed by atoms with Crippen LogP contribution in [0.25, 0.3) is 94.6 Å². The van der Waals surface area contributed by atoms with Crippen LogP contribution < -0.4 is 19.6 Å². The maximum absolute atomic E-state index is 2.42. The quantitative estimate of drug-likeness (QED) is 0.114. The van der Waals surface area contributed by atoms with E-state index in [-0.39, 0.29) is 0 Å². The summed E-state index contributed by atoms with van der Waals surface area (Å²) in [5, 5.41) is 15.1. The highest BCUT2D eigenvalue weighted by Gasteiger charge is 2.23. The topological polar surface area (TPSA) is 13.0 Å². The lowest BCUT2D eigenvalue weighted by Gasteiger charge is -2.28. The van der Waals surface area contributed by atoms with Gasteiger partial charge in [0, 0.05) is 109 Å². The number of nitrogens with zero attached hydrogens (tertiary/aromatic N) is 4. The summed E-state index contributed by atoms with van der Waals surface area (Å²) < 4.78 is 5.18. The van der Waals surface area contributed by atoms with E-state index < -0.39 is 0 Å². The molecule has 0 saturated heterocycles. The molecular formula is C90H62N4S2. The monoisotopic (exact) mass is 1260 g/mol. The molecule has 0 bridgehead atoms. The normalized spacial score (nSPS) is 11.6. The van der Waals surface area contributed by atoms with E-state index in [1.54, 1.807) is 0 Å². The van der Waals surface area contributed by atoms with Gasteiger partial charge in [0.1, 0.15) is 0 Å². The van der Waals surface area contributed by atoms with Crippen molar-refractivity contribution in [2.75, 3.05) is 19.6 Å². The van der Waals surface area contributed by atoms with E-state index in [2.05, 4.69) is 373 Å². The summed E-state index contributed by atoms with van der Waals surface area (Å²) in [5.74, 6) is 0. The molecule has 16 aromatic carbocycles. The fraction of sp³-hybridized carbons (Fsp3) is 0.0222. The van der Waals surface area contributed by atoms with Gasteiger partial charge in [-0.1, -0.05) is 176 Å². The highest BCUT2D eigenvalue weighted by molar-refractivity contribution is 7.26. The number of para-hydroxylation sites is 6. The summed E-state index contributed by atoms with van der Waals surface area (Å²) in [6.07, 6.45) is 0. The summed E-state index contributed by atoms with van der Waals surface area (Å²) in [5.41, 5.74) is 18.2. The SMILES string of the molecule is Cc1ccccc1N(c1ccccc1)c1ccc2c(ccc3sc4ccc5cc(N(c6ccccc6)c6ccc(-c7ccc(N(c8ccccc8)c8ccc9c(ccc%10sc%11ccc%12cc(N(c%13ccccc%13)c%13ccccc%13)ccc%12c%11c%109)c8)cc7)cc6C)ccc5c4c32)c1. The van der Waals surface area contributed by atoms with Crippen molar-refractivity contribution >= 4 is 174 Å². The van der Waals surface area contributed by atoms with E-state index in [0.717, 1.165) is 68.1 Å². The van der Waals surface area contributed by atoms with Crippen LogP contribution in [0.4, 0.5) is 68.2 Å². The smallest absolute Gasteiger partial charge is 0.0491 e. The fourth-order valence-electron chi connectivity index (χ4n) is 14.7. The molecule has 4 nitrogen and oxygen atoms in total. The third-order valence-corrected chi connectivity index (χ3v) is 21.4. The van der Waals surface area contributed by atoms with Gasteiger partial charge in [0.25, 0.3) is 0 Å². The van der Waals surface area contributed by atoms with Gasteiger partial charge in [-0.25, -0.2) is 0 Å². The van der Waals surface area contributed by atoms with Crippen molar-refractivity contribution in [3.05, 3.63) is 351 Å². The first-order chi connectivity index (χ1) is 47.4. The third-order valence-electron chi connectivity index (χ3n) is 19.2. The number of benzene rings is 16. The molecule has 454 valence electrons. The molecule has 0 spiro atoms. The zero-order valence-corrected chi connectivity index (χ0v) is 54.6. The van der Waals surface area contributed by atoms with Crippen molar-refractivity contribution in [2.45, 2.75) is 13.8 Å². The molecule has 0 unspecified atom stereocenters. The molecule has 0 atom stereocenters. The molecule has 0 aliphatic heterocycles. The second kappa shape index (κ2) is 23.6. The Kier molecular flexibility index (Phi) is 14.0. The van der Waals surface area contributed by atoms with Crippen molar-refractivity contribution in [3.8, 4) is 11.1 Å². The minimum absolute atomic E-state index is 1.09. The van der Waals surface area contributed by atoms with Crippen LogP contribution >= 0.6 is 22.7 Å². The van der Waals surface area contributed by atoms with Crippen LogP contribution in [0.3, 0.4) is 0 Å². The van der Waals surface area contributed by atoms with Gasteiger partial charge in [0.15, 0.2) is 0 Å². The molecule has 0 N–H and O–H groups in total. The maximum atomic E-state index is 2.42. The Hall–Kier alpha value is -11.8. The first-order valence-electron chi connectivity index (χ1n) is 32.8. The molecule has 2 aromatic heterocycles. The molecule has 0 radical (unpaired) electrons. The Balaban J connectivity index is 0.668. The summed E-state index contributed by atoms with van der Waals surface area (Å²) in [7, 11) is 0. The molecule has 0 aliphatic rings. The molecule has 0 fully saturated rings. The maximum Gasteiger partial charge on any atom is 0.0491 e. The van der Waals surface area contributed by atoms with Crippen LogP contribution in [0.15, 0.2) is 340 Å². The van der Waals surface area contributed by atoms with Gasteiger partial charge in [0.05, 0.1) is 0 Å². The van der Waals surface area contributed by atoms with Crippen molar-refractivity contribution in [2.24, 2.45) is 0 Å². The standard InChI is InChI=1S/C90H62N4S2/c1-59-20-18-19-31-81(59)93(70-27-14-6-15-28-70)75-43-47-79-65(57-75)37-52-85-89(79)90-80-48-44-76(58-66(80)38-53-86(90)96-85)94(71-29-16-7-17-30-71)82-49-34-62(54-60(82)2)61-32-39-72(40-33-61)92(69-25-12-5-13-26-69)74-42-46-78-64(56-74)36-51-84-88(78)87-77-45-41-73(55-63(77)35-50-83(87)95-84)91(67-21-8-3-9-22-67)68-23-10-4-11-24-68/h3-58H,1-2H3. The molecule has 0 saturated carbocycles. The number of hydrogen-bond donors (Lipinski definition) is 0. The molecule has 18 rings (SSSR count). The number of thiophene rings is 2. The van der Waals surface area contributed by atoms with E-state index in [4.69, 9.17) is 0 Å². The lowest BCUT2D eigenvalue weighted by molar-refractivity contribution is 1.25. The van der Waals surface area contributed by atoms with Gasteiger partial charge in [-0.2, -0.15) is 0 Å². The zero-order valence-electron chi connectivity index (χ0n) is 52.9. The van der Waals surface area contributed by atoms with Gasteiger partial charge in [-0.15, -0.1) is 22.7 Å². The lowest BCUT2D eigenvalue weighted by atomic mass is 9.98. The van der Waals surface area contributed by atoms with Crippen LogP contribution in [0.2, 0.25) is 0 Å². The average molecular weight is 1260 g/mol. The van der Waals surface area contributed by atoms with Gasteiger partial charge < -0.3 is 19.6 Å². The first-order valence-corrected chi connectivity index (χ1v) is 34.4. The molecule has 0 amide bonds. The predicted octanol–water partition coefficient (Wildman–Crippen LogP) is 27.2. The third kappa shape index (κ3) is 9.88. The lowest BCUT2D eigenvalue weighted by Crippen LogP contribution is -2.11. The van der Waals surface area contributed by atoms with Gasteiger partial charge in [-0.05, 0) is 243 Å². The minimum atomic E-state index is 1.09. The van der Waals surface area contributed by atoms with Crippen molar-refractivity contribution in [1.82, 2.24) is 0 Å². The molecule has 0 aliphatic carbocycles. The van der Waals surface area contributed by atoms with Gasteiger partial charge in [0.2, 0.25) is 0 Å². The number of rotatable bonds is 13. The summed E-state index contributed by atoms with van der Waals surface area (Å²) in [6, 6.07) is 125. The second-order valence-electron chi connectivity index (χ2n) is 24.9. The van der Waals surface area contributed by atoms with E-state index in [1.165, 1.54) is 106 Å². The van der Waals surface area contributed by atoms with Crippen LogP contribution in [-0.2, 0) is 0 Å². The zero-order chi connectivity index (χ0) is 63.8. The highest BCUT2D eigenvalue weighted by Crippen LogP contribution is 2.49. The molecule has 2 heterocycles. The van der Waals surface area contributed by atoms with E-state index in [0.29, 0.717) is 0 Å². The first kappa shape index (κ1) is 56.9. The summed E-state index contributed by atoms with van der Waals surface area (Å²) in [4.78, 5) is 9.52. The molecular weight excluding hydrogens is 1200 g/mol. The molecule has 18 aromatic rings. The number of fused-ring (bicyclic) bond motifs is 14. The van der Waals surface area contributed by atoms with E-state index in [1.807, 2.05) is 22.7 Å². The Morgan fingerprint density at radius 2 is 0.479 bits per heavy atom. The average Bonchev–Trinajstić information content (AvgIpc) is 1.56. The second-order valence-corrected chi connectivity index (χ2v) is 27.1. The van der Waals surface area contributed by atoms with E-state index in [9.17, 15) is 0 Å². The Labute approximate surface area is 565 Å². The van der Waals surface area contributed by atoms with Crippen LogP contribution in [-0.4, -0.2) is 0 Å². The van der Waals surface area contributed by atoms with Gasteiger partial charge in [-0.3, -0.25) is 0 Å². The Morgan fingerprint density at radius 3 is 0.823 bits per heavy atom. The molecule has 96 heavy (non-hydrogen) atoms. The number of anilines is 12. The van der Waals surface area contributed by atoms with E-state index >= 15 is 0 Å². The van der Waals surface area contributed by atoms with Crippen molar-refractivity contribution in [1.29, 1.82) is 0 Å². The van der Waals surface area contributed by atoms with Crippen LogP contribution in [0.1, 0.15) is 11.1 Å². The predicted molar refractivity (Wildman–Crippen MR) is 416 cm³/mol. The minimum Gasteiger partial charge on any atom is -0.310 e. The Morgan fingerprint density at radius 1 is 0.198 bits per heavy atom. The van der Waals surface area contributed by atoms with Gasteiger partial charge >= 0.3 is 0 Å². The number of aryl methyl sites for hydroxylation is 2. The van der Waals surface area contributed by atoms with Crippen LogP contribution in [0.5, 0.6) is 0 Å². The highest BCUT2D eigenvalue weighted by atomic mass is 32.1. The van der Waals surface area contributed by atoms with Crippen molar-refractivity contribution < 1.29 is 0 Å². The fourth-order valence-corrected chi connectivity index (χ4v) is 17.0. The number of hydrogen-bond acceptors (Lipinski definition) is 6. The van der Waals surface area contributed by atoms with Crippen LogP contribution in [0, 0.1) is 13.8 Å². The Bertz CT molecular complexity index is 5950. The molecule has 6 heteroatoms. The van der Waals surface area contributed by atoms with Crippen molar-refractivity contribution in [3.63, 3.8) is 0 Å². The summed E-state index contributed by atoms with van der Waals surface area (Å²) >= 11 is 3.76. The largest absolute Gasteiger partial charge is 0.310 e.